The van der Waals surface area contributed by atoms with Crippen molar-refractivity contribution in [2.75, 3.05) is 7.11 Å². The summed E-state index contributed by atoms with van der Waals surface area (Å²) in [4.78, 5) is 21.7. The summed E-state index contributed by atoms with van der Waals surface area (Å²) >= 11 is 0. The number of nitrogens with zero attached hydrogens (tertiary/aromatic N) is 1. The van der Waals surface area contributed by atoms with Crippen LogP contribution < -0.4 is 0 Å². The van der Waals surface area contributed by atoms with E-state index in [4.69, 9.17) is 0 Å². The number of carbonyl (C=O) groups excluding carboxylic acids is 1. The number of hydrogen-bond acceptors (Lipinski definition) is 5. The molecule has 6 nitrogen and oxygen atoms in total. The highest BCUT2D eigenvalue weighted by atomic mass is 16.6. The van der Waals surface area contributed by atoms with Gasteiger partial charge in [0.2, 0.25) is 0 Å². The van der Waals surface area contributed by atoms with Crippen molar-refractivity contribution in [1.82, 2.24) is 0 Å². The van der Waals surface area contributed by atoms with Crippen LogP contribution in [0.4, 0.5) is 5.69 Å². The highest BCUT2D eigenvalue weighted by Gasteiger charge is 2.22. The third-order valence-corrected chi connectivity index (χ3v) is 2.25. The molecule has 1 rings (SSSR count). The van der Waals surface area contributed by atoms with Crippen LogP contribution in [0.1, 0.15) is 22.8 Å². The molecular weight excluding hydrogens is 226 g/mol. The molecular formula is C11H13NO5. The molecule has 0 heterocycles. The molecule has 0 fully saturated rings. The fourth-order valence-electron chi connectivity index (χ4n) is 1.56. The molecule has 0 saturated heterocycles. The van der Waals surface area contributed by atoms with Crippen LogP contribution in [0.2, 0.25) is 0 Å². The maximum absolute atomic E-state index is 11.5. The maximum Gasteiger partial charge on any atom is 0.338 e. The zero-order valence-electron chi connectivity index (χ0n) is 9.54. The number of ether oxygens (including phenoxy) is 1. The lowest BCUT2D eigenvalue weighted by atomic mass is 10.00. The van der Waals surface area contributed by atoms with E-state index in [-0.39, 0.29) is 23.2 Å². The number of aliphatic hydroxyl groups is 1. The summed E-state index contributed by atoms with van der Waals surface area (Å²) < 4.78 is 4.55. The molecule has 0 aliphatic heterocycles. The first-order chi connectivity index (χ1) is 7.97. The predicted octanol–water partition coefficient (Wildman–Crippen LogP) is 1.30. The molecule has 0 aromatic heterocycles. The Morgan fingerprint density at radius 1 is 1.59 bits per heavy atom. The van der Waals surface area contributed by atoms with Crippen LogP contribution >= 0.6 is 0 Å². The van der Waals surface area contributed by atoms with Crippen molar-refractivity contribution >= 4 is 11.7 Å². The molecule has 1 N–H and O–H groups in total. The second kappa shape index (κ2) is 5.40. The van der Waals surface area contributed by atoms with E-state index < -0.39 is 17.0 Å². The van der Waals surface area contributed by atoms with Gasteiger partial charge in [-0.3, -0.25) is 10.1 Å². The van der Waals surface area contributed by atoms with Crippen LogP contribution in [-0.2, 0) is 11.2 Å². The third-order valence-electron chi connectivity index (χ3n) is 2.25. The number of aliphatic hydroxyl groups excluding tert-OH is 1. The van der Waals surface area contributed by atoms with Crippen molar-refractivity contribution in [3.8, 4) is 0 Å². The Kier molecular flexibility index (Phi) is 4.17. The maximum atomic E-state index is 11.5. The lowest BCUT2D eigenvalue weighted by Gasteiger charge is -2.09. The van der Waals surface area contributed by atoms with E-state index in [2.05, 4.69) is 4.74 Å². The minimum Gasteiger partial charge on any atom is -0.465 e. The van der Waals surface area contributed by atoms with Gasteiger partial charge >= 0.3 is 5.97 Å². The molecule has 0 saturated carbocycles. The summed E-state index contributed by atoms with van der Waals surface area (Å²) in [7, 11) is 1.20. The van der Waals surface area contributed by atoms with Crippen molar-refractivity contribution in [3.63, 3.8) is 0 Å². The number of methoxy groups -OCH3 is 1. The average Bonchev–Trinajstić information content (AvgIpc) is 2.27. The van der Waals surface area contributed by atoms with Crippen molar-refractivity contribution in [3.05, 3.63) is 39.4 Å². The molecule has 0 aliphatic rings. The van der Waals surface area contributed by atoms with Crippen molar-refractivity contribution in [2.24, 2.45) is 0 Å². The van der Waals surface area contributed by atoms with Crippen LogP contribution in [-0.4, -0.2) is 29.2 Å². The Morgan fingerprint density at radius 2 is 2.24 bits per heavy atom. The van der Waals surface area contributed by atoms with Crippen LogP contribution in [0.15, 0.2) is 18.2 Å². The fraction of sp³-hybridized carbons (Fsp3) is 0.364. The molecule has 0 amide bonds. The molecule has 17 heavy (non-hydrogen) atoms. The van der Waals surface area contributed by atoms with E-state index in [9.17, 15) is 20.0 Å². The van der Waals surface area contributed by atoms with Crippen molar-refractivity contribution < 1.29 is 19.6 Å². The average molecular weight is 239 g/mol. The Labute approximate surface area is 98.0 Å². The highest BCUT2D eigenvalue weighted by molar-refractivity contribution is 5.92. The van der Waals surface area contributed by atoms with Gasteiger partial charge in [-0.1, -0.05) is 6.07 Å². The van der Waals surface area contributed by atoms with E-state index >= 15 is 0 Å². The Hall–Kier alpha value is -1.95. The van der Waals surface area contributed by atoms with Gasteiger partial charge in [-0.05, 0) is 13.0 Å². The second-order valence-corrected chi connectivity index (χ2v) is 3.61. The molecule has 0 aliphatic carbocycles. The van der Waals surface area contributed by atoms with E-state index in [0.29, 0.717) is 0 Å². The van der Waals surface area contributed by atoms with E-state index in [1.165, 1.54) is 32.2 Å². The van der Waals surface area contributed by atoms with E-state index in [0.717, 1.165) is 0 Å². The molecule has 0 radical (unpaired) electrons. The molecule has 1 unspecified atom stereocenters. The molecule has 1 aromatic carbocycles. The molecule has 1 atom stereocenters. The zero-order chi connectivity index (χ0) is 13.0. The van der Waals surface area contributed by atoms with Crippen LogP contribution in [0, 0.1) is 10.1 Å². The predicted molar refractivity (Wildman–Crippen MR) is 59.8 cm³/mol. The molecule has 6 heteroatoms. The number of rotatable bonds is 4. The van der Waals surface area contributed by atoms with Crippen LogP contribution in [0.5, 0.6) is 0 Å². The highest BCUT2D eigenvalue weighted by Crippen LogP contribution is 2.24. The monoisotopic (exact) mass is 239 g/mol. The number of esters is 1. The number of nitro benzene ring substituents is 1. The Bertz CT molecular complexity index is 441. The summed E-state index contributed by atoms with van der Waals surface area (Å²) in [6.45, 7) is 1.50. The minimum absolute atomic E-state index is 0.0294. The van der Waals surface area contributed by atoms with Gasteiger partial charge in [-0.2, -0.15) is 0 Å². The SMILES string of the molecule is COC(=O)c1cccc([N+](=O)[O-])c1CC(C)O. The standard InChI is InChI=1S/C11H13NO5/c1-7(13)6-9-8(11(14)17-2)4-3-5-10(9)12(15)16/h3-5,7,13H,6H2,1-2H3. The summed E-state index contributed by atoms with van der Waals surface area (Å²) in [5.74, 6) is -0.649. The van der Waals surface area contributed by atoms with Gasteiger partial charge in [0, 0.05) is 18.1 Å². The quantitative estimate of drug-likeness (QED) is 0.486. The third kappa shape index (κ3) is 3.01. The van der Waals surface area contributed by atoms with Crippen LogP contribution in [0.25, 0.3) is 0 Å². The Balaban J connectivity index is 3.33. The lowest BCUT2D eigenvalue weighted by Crippen LogP contribution is -2.13. The summed E-state index contributed by atoms with van der Waals surface area (Å²) in [5.41, 5.74) is 0.121. The summed E-state index contributed by atoms with van der Waals surface area (Å²) in [6.07, 6.45) is -0.749. The zero-order valence-corrected chi connectivity index (χ0v) is 9.54. The van der Waals surface area contributed by atoms with Gasteiger partial charge in [0.15, 0.2) is 0 Å². The normalized spacial score (nSPS) is 11.9. The number of nitro groups is 1. The van der Waals surface area contributed by atoms with E-state index in [1.807, 2.05) is 0 Å². The summed E-state index contributed by atoms with van der Waals surface area (Å²) in [5, 5.41) is 20.2. The molecule has 0 bridgehead atoms. The molecule has 0 spiro atoms. The smallest absolute Gasteiger partial charge is 0.338 e. The van der Waals surface area contributed by atoms with Crippen LogP contribution in [0.3, 0.4) is 0 Å². The number of carbonyl (C=O) groups is 1. The van der Waals surface area contributed by atoms with E-state index in [1.54, 1.807) is 0 Å². The molecule has 92 valence electrons. The molecule has 1 aromatic rings. The first-order valence-electron chi connectivity index (χ1n) is 5.00. The van der Waals surface area contributed by atoms with Crippen molar-refractivity contribution in [1.29, 1.82) is 0 Å². The van der Waals surface area contributed by atoms with Gasteiger partial charge in [-0.25, -0.2) is 4.79 Å². The summed E-state index contributed by atoms with van der Waals surface area (Å²) in [6, 6.07) is 4.15. The van der Waals surface area contributed by atoms with Gasteiger partial charge < -0.3 is 9.84 Å². The number of benzene rings is 1. The lowest BCUT2D eigenvalue weighted by molar-refractivity contribution is -0.385. The van der Waals surface area contributed by atoms with Gasteiger partial charge in [0.25, 0.3) is 5.69 Å². The van der Waals surface area contributed by atoms with Gasteiger partial charge in [0.05, 0.1) is 23.7 Å². The first-order valence-corrected chi connectivity index (χ1v) is 5.00. The fourth-order valence-corrected chi connectivity index (χ4v) is 1.56. The topological polar surface area (TPSA) is 89.7 Å². The number of hydrogen-bond donors (Lipinski definition) is 1. The minimum atomic E-state index is -0.778. The second-order valence-electron chi connectivity index (χ2n) is 3.61. The largest absolute Gasteiger partial charge is 0.465 e. The van der Waals surface area contributed by atoms with Gasteiger partial charge in [0.1, 0.15) is 0 Å². The first kappa shape index (κ1) is 13.1. The van der Waals surface area contributed by atoms with Crippen molar-refractivity contribution in [2.45, 2.75) is 19.4 Å². The van der Waals surface area contributed by atoms with Gasteiger partial charge in [-0.15, -0.1) is 0 Å². The Morgan fingerprint density at radius 3 is 2.71 bits per heavy atom.